The highest BCUT2D eigenvalue weighted by Crippen LogP contribution is 2.39. The van der Waals surface area contributed by atoms with Crippen LogP contribution in [0.15, 0.2) is 18.2 Å². The number of fused-ring (bicyclic) bond motifs is 1. The third-order valence-electron chi connectivity index (χ3n) is 5.41. The summed E-state index contributed by atoms with van der Waals surface area (Å²) in [6.07, 6.45) is -1.35. The normalized spacial score (nSPS) is 14.4. The minimum Gasteiger partial charge on any atom is -0.492 e. The molecule has 3 rings (SSSR count). The van der Waals surface area contributed by atoms with Gasteiger partial charge in [-0.1, -0.05) is 6.07 Å². The van der Waals surface area contributed by atoms with Gasteiger partial charge >= 0.3 is 5.97 Å². The fourth-order valence-corrected chi connectivity index (χ4v) is 4.88. The van der Waals surface area contributed by atoms with Crippen molar-refractivity contribution in [3.8, 4) is 5.75 Å². The number of carbonyl (C=O) groups excluding carboxylic acids is 2. The Morgan fingerprint density at radius 2 is 2.00 bits per heavy atom. The van der Waals surface area contributed by atoms with Crippen LogP contribution in [-0.4, -0.2) is 30.7 Å². The molecule has 1 N–H and O–H groups in total. The number of amides is 1. The van der Waals surface area contributed by atoms with Gasteiger partial charge in [0.05, 0.1) is 32.4 Å². The van der Waals surface area contributed by atoms with Gasteiger partial charge < -0.3 is 19.5 Å². The molecule has 2 aromatic rings. The van der Waals surface area contributed by atoms with E-state index >= 15 is 0 Å². The number of hydrogen-bond donors (Lipinski definition) is 1. The molecule has 1 aliphatic rings. The Morgan fingerprint density at radius 3 is 2.63 bits per heavy atom. The molecule has 8 heteroatoms. The van der Waals surface area contributed by atoms with Crippen LogP contribution in [0.4, 0.5) is 10.1 Å². The van der Waals surface area contributed by atoms with Gasteiger partial charge in [-0.2, -0.15) is 0 Å². The molecule has 0 bridgehead atoms. The van der Waals surface area contributed by atoms with E-state index < -0.39 is 17.9 Å². The zero-order valence-electron chi connectivity index (χ0n) is 17.2. The zero-order chi connectivity index (χ0) is 22.2. The summed E-state index contributed by atoms with van der Waals surface area (Å²) in [6, 6.07) is 4.47. The van der Waals surface area contributed by atoms with Gasteiger partial charge in [0.25, 0.3) is 0 Å². The zero-order valence-corrected chi connectivity index (χ0v) is 19.4. The molecule has 1 aliphatic heterocycles. The number of aliphatic hydroxyl groups excluding tert-OH is 1. The van der Waals surface area contributed by atoms with Crippen molar-refractivity contribution in [2.24, 2.45) is 0 Å². The Morgan fingerprint density at radius 1 is 1.30 bits per heavy atom. The first-order chi connectivity index (χ1) is 14.2. The second-order valence-electron chi connectivity index (χ2n) is 7.04. The second kappa shape index (κ2) is 8.89. The lowest BCUT2D eigenvalue weighted by atomic mass is 9.86. The average molecular weight is 527 g/mol. The number of esters is 1. The molecule has 6 nitrogen and oxygen atoms in total. The average Bonchev–Trinajstić information content (AvgIpc) is 2.72. The van der Waals surface area contributed by atoms with Gasteiger partial charge in [-0.3, -0.25) is 4.79 Å². The standard InChI is InChI=1S/C22H23FINO5/c1-5-30-22(28)20(27)18-11(2)13-9-17(26)25(10-14(13)12(3)19(18)24)16-8-6-7-15(23)21(16)29-4/h6-8,20,27H,5,9-10H2,1-4H3/t20-/m0/s1. The molecule has 1 atom stereocenters. The Balaban J connectivity index is 2.10. The molecule has 30 heavy (non-hydrogen) atoms. The first kappa shape index (κ1) is 22.5. The Kier molecular flexibility index (Phi) is 6.66. The minimum atomic E-state index is -1.42. The van der Waals surface area contributed by atoms with E-state index in [-0.39, 0.29) is 31.2 Å². The van der Waals surface area contributed by atoms with Gasteiger partial charge in [0.2, 0.25) is 5.91 Å². The maximum atomic E-state index is 14.2. The summed E-state index contributed by atoms with van der Waals surface area (Å²) in [6.45, 7) is 5.77. The summed E-state index contributed by atoms with van der Waals surface area (Å²) >= 11 is 2.10. The summed E-state index contributed by atoms with van der Waals surface area (Å²) in [5, 5.41) is 10.6. The smallest absolute Gasteiger partial charge is 0.339 e. The van der Waals surface area contributed by atoms with Crippen molar-refractivity contribution in [1.82, 2.24) is 0 Å². The van der Waals surface area contributed by atoms with E-state index in [2.05, 4.69) is 22.6 Å². The van der Waals surface area contributed by atoms with Crippen LogP contribution in [0.25, 0.3) is 0 Å². The van der Waals surface area contributed by atoms with Gasteiger partial charge in [0, 0.05) is 9.13 Å². The molecular formula is C22H23FINO5. The highest BCUT2D eigenvalue weighted by atomic mass is 127. The molecule has 0 saturated carbocycles. The van der Waals surface area contributed by atoms with Gasteiger partial charge in [0.15, 0.2) is 17.7 Å². The summed E-state index contributed by atoms with van der Waals surface area (Å²) < 4.78 is 25.1. The SMILES string of the molecule is CCOC(=O)[C@@H](O)c1c(C)c2c(c(C)c1I)CN(c1cccc(F)c1OC)C(=O)C2. The Bertz CT molecular complexity index is 1020. The second-order valence-corrected chi connectivity index (χ2v) is 8.12. The number of nitrogens with zero attached hydrogens (tertiary/aromatic N) is 1. The highest BCUT2D eigenvalue weighted by molar-refractivity contribution is 14.1. The lowest BCUT2D eigenvalue weighted by molar-refractivity contribution is -0.153. The molecule has 0 aliphatic carbocycles. The first-order valence-electron chi connectivity index (χ1n) is 9.50. The van der Waals surface area contributed by atoms with E-state index in [0.717, 1.165) is 20.3 Å². The Labute approximate surface area is 188 Å². The summed E-state index contributed by atoms with van der Waals surface area (Å²) in [5.74, 6) is -1.45. The molecule has 0 saturated heterocycles. The molecule has 0 unspecified atom stereocenters. The molecule has 1 heterocycles. The molecule has 2 aromatic carbocycles. The number of halogens is 2. The number of ether oxygens (including phenoxy) is 2. The summed E-state index contributed by atoms with van der Waals surface area (Å²) in [5.41, 5.74) is 4.10. The van der Waals surface area contributed by atoms with E-state index in [0.29, 0.717) is 16.8 Å². The lowest BCUT2D eigenvalue weighted by Gasteiger charge is -2.33. The van der Waals surface area contributed by atoms with Crippen molar-refractivity contribution in [3.63, 3.8) is 0 Å². The number of rotatable bonds is 5. The number of carbonyl (C=O) groups is 2. The molecule has 1 amide bonds. The quantitative estimate of drug-likeness (QED) is 0.474. The van der Waals surface area contributed by atoms with Crippen molar-refractivity contribution < 1.29 is 28.6 Å². The van der Waals surface area contributed by atoms with Crippen molar-refractivity contribution >= 4 is 40.2 Å². The number of aliphatic hydroxyl groups is 1. The minimum absolute atomic E-state index is 0.0210. The van der Waals surface area contributed by atoms with Crippen molar-refractivity contribution in [2.75, 3.05) is 18.6 Å². The summed E-state index contributed by atoms with van der Waals surface area (Å²) in [4.78, 5) is 26.6. The maximum absolute atomic E-state index is 14.2. The molecule has 0 spiro atoms. The monoisotopic (exact) mass is 527 g/mol. The molecule has 160 valence electrons. The first-order valence-corrected chi connectivity index (χ1v) is 10.6. The van der Waals surface area contributed by atoms with Gasteiger partial charge in [-0.05, 0) is 77.7 Å². The van der Waals surface area contributed by atoms with E-state index in [1.165, 1.54) is 24.1 Å². The fourth-order valence-electron chi connectivity index (χ4n) is 3.86. The molecule has 0 radical (unpaired) electrons. The van der Waals surface area contributed by atoms with Crippen LogP contribution in [0, 0.1) is 23.2 Å². The van der Waals surface area contributed by atoms with E-state index in [4.69, 9.17) is 9.47 Å². The number of anilines is 1. The van der Waals surface area contributed by atoms with E-state index in [1.54, 1.807) is 19.9 Å². The van der Waals surface area contributed by atoms with Crippen LogP contribution >= 0.6 is 22.6 Å². The van der Waals surface area contributed by atoms with E-state index in [1.807, 2.05) is 6.92 Å². The van der Waals surface area contributed by atoms with Gasteiger partial charge in [-0.15, -0.1) is 0 Å². The fraction of sp³-hybridized carbons (Fsp3) is 0.364. The number of methoxy groups -OCH3 is 1. The van der Waals surface area contributed by atoms with Crippen LogP contribution in [-0.2, 0) is 27.3 Å². The number of hydrogen-bond acceptors (Lipinski definition) is 5. The van der Waals surface area contributed by atoms with Crippen LogP contribution in [0.3, 0.4) is 0 Å². The highest BCUT2D eigenvalue weighted by Gasteiger charge is 2.34. The predicted molar refractivity (Wildman–Crippen MR) is 118 cm³/mol. The van der Waals surface area contributed by atoms with Crippen LogP contribution in [0.5, 0.6) is 5.75 Å². The topological polar surface area (TPSA) is 76.1 Å². The van der Waals surface area contributed by atoms with Gasteiger partial charge in [0.1, 0.15) is 0 Å². The van der Waals surface area contributed by atoms with Crippen molar-refractivity contribution in [3.05, 3.63) is 55.4 Å². The van der Waals surface area contributed by atoms with Crippen molar-refractivity contribution in [2.45, 2.75) is 39.8 Å². The van der Waals surface area contributed by atoms with Gasteiger partial charge in [-0.25, -0.2) is 9.18 Å². The third kappa shape index (κ3) is 3.78. The molecular weight excluding hydrogens is 504 g/mol. The lowest BCUT2D eigenvalue weighted by Crippen LogP contribution is -2.38. The maximum Gasteiger partial charge on any atom is 0.339 e. The summed E-state index contributed by atoms with van der Waals surface area (Å²) in [7, 11) is 1.37. The molecule has 0 aromatic heterocycles. The van der Waals surface area contributed by atoms with Crippen LogP contribution in [0.1, 0.15) is 40.8 Å². The molecule has 0 fully saturated rings. The number of benzene rings is 2. The van der Waals surface area contributed by atoms with Crippen LogP contribution < -0.4 is 9.64 Å². The predicted octanol–water partition coefficient (Wildman–Crippen LogP) is 3.74. The van der Waals surface area contributed by atoms with E-state index in [9.17, 15) is 19.1 Å². The largest absolute Gasteiger partial charge is 0.492 e. The van der Waals surface area contributed by atoms with Crippen molar-refractivity contribution in [1.29, 1.82) is 0 Å². The number of para-hydroxylation sites is 1. The Hall–Kier alpha value is -2.20. The third-order valence-corrected chi connectivity index (χ3v) is 6.80. The van der Waals surface area contributed by atoms with Crippen LogP contribution in [0.2, 0.25) is 0 Å².